The van der Waals surface area contributed by atoms with Gasteiger partial charge in [0, 0.05) is 11.4 Å². The first-order valence-electron chi connectivity index (χ1n) is 9.46. The highest BCUT2D eigenvalue weighted by Gasteiger charge is 2.48. The zero-order valence-electron chi connectivity index (χ0n) is 16.7. The molecule has 2 aromatic carbocycles. The van der Waals surface area contributed by atoms with Gasteiger partial charge in [0.05, 0.1) is 11.8 Å². The van der Waals surface area contributed by atoms with Crippen molar-refractivity contribution in [3.63, 3.8) is 0 Å². The number of carbonyl (C=O) groups excluding carboxylic acids is 2. The number of amides is 2. The third kappa shape index (κ3) is 4.21. The SMILES string of the molecule is Cc1cccc(NC(=O)C2CC2C(=O)Nc2ccccc2C(C)(C)C)c1C. The molecule has 0 aromatic heterocycles. The standard InChI is InChI=1S/C23H28N2O2/c1-14-9-8-12-19(15(14)2)24-21(26)16-13-17(16)22(27)25-20-11-7-6-10-18(20)23(3,4)5/h6-12,16-17H,13H2,1-5H3,(H,24,26)(H,25,27). The molecule has 2 aromatic rings. The molecule has 3 rings (SSSR count). The number of anilines is 2. The van der Waals surface area contributed by atoms with Crippen LogP contribution in [0.5, 0.6) is 0 Å². The van der Waals surface area contributed by atoms with Crippen LogP contribution in [0.2, 0.25) is 0 Å². The summed E-state index contributed by atoms with van der Waals surface area (Å²) in [6, 6.07) is 13.7. The van der Waals surface area contributed by atoms with Crippen LogP contribution >= 0.6 is 0 Å². The van der Waals surface area contributed by atoms with Gasteiger partial charge in [-0.15, -0.1) is 0 Å². The topological polar surface area (TPSA) is 58.2 Å². The van der Waals surface area contributed by atoms with E-state index in [0.717, 1.165) is 28.1 Å². The molecule has 0 radical (unpaired) electrons. The molecule has 2 unspecified atom stereocenters. The second-order valence-electron chi connectivity index (χ2n) is 8.47. The minimum absolute atomic E-state index is 0.0626. The molecule has 142 valence electrons. The molecule has 2 N–H and O–H groups in total. The van der Waals surface area contributed by atoms with E-state index in [2.05, 4.69) is 31.4 Å². The third-order valence-corrected chi connectivity index (χ3v) is 5.32. The van der Waals surface area contributed by atoms with E-state index < -0.39 is 0 Å². The maximum atomic E-state index is 12.7. The number of para-hydroxylation sites is 1. The number of hydrogen-bond acceptors (Lipinski definition) is 2. The van der Waals surface area contributed by atoms with Crippen LogP contribution in [0.15, 0.2) is 42.5 Å². The number of carbonyl (C=O) groups is 2. The molecule has 1 aliphatic rings. The van der Waals surface area contributed by atoms with Crippen molar-refractivity contribution < 1.29 is 9.59 Å². The molecular formula is C23H28N2O2. The Kier molecular flexibility index (Phi) is 5.09. The smallest absolute Gasteiger partial charge is 0.228 e. The van der Waals surface area contributed by atoms with Gasteiger partial charge in [-0.2, -0.15) is 0 Å². The van der Waals surface area contributed by atoms with Gasteiger partial charge >= 0.3 is 0 Å². The maximum Gasteiger partial charge on any atom is 0.228 e. The Morgan fingerprint density at radius 3 is 2.04 bits per heavy atom. The summed E-state index contributed by atoms with van der Waals surface area (Å²) in [4.78, 5) is 25.2. The molecule has 2 amide bonds. The lowest BCUT2D eigenvalue weighted by atomic mass is 9.86. The number of nitrogens with one attached hydrogen (secondary N) is 2. The first kappa shape index (κ1) is 19.2. The Balaban J connectivity index is 1.64. The van der Waals surface area contributed by atoms with Gasteiger partial charge in [-0.1, -0.05) is 51.1 Å². The zero-order chi connectivity index (χ0) is 19.8. The minimum Gasteiger partial charge on any atom is -0.326 e. The molecule has 4 heteroatoms. The van der Waals surface area contributed by atoms with Gasteiger partial charge in [0.2, 0.25) is 11.8 Å². The highest BCUT2D eigenvalue weighted by atomic mass is 16.2. The molecule has 1 saturated carbocycles. The van der Waals surface area contributed by atoms with Crippen molar-refractivity contribution in [1.29, 1.82) is 0 Å². The predicted octanol–water partition coefficient (Wildman–Crippen LogP) is 4.81. The van der Waals surface area contributed by atoms with E-state index in [1.165, 1.54) is 0 Å². The fraction of sp³-hybridized carbons (Fsp3) is 0.391. The van der Waals surface area contributed by atoms with E-state index in [4.69, 9.17) is 0 Å². The lowest BCUT2D eigenvalue weighted by Gasteiger charge is -2.23. The van der Waals surface area contributed by atoms with Crippen molar-refractivity contribution in [3.8, 4) is 0 Å². The third-order valence-electron chi connectivity index (χ3n) is 5.32. The van der Waals surface area contributed by atoms with Crippen LogP contribution in [0.4, 0.5) is 11.4 Å². The maximum absolute atomic E-state index is 12.7. The second kappa shape index (κ2) is 7.18. The molecule has 1 fully saturated rings. The van der Waals surface area contributed by atoms with E-state index in [1.54, 1.807) is 0 Å². The van der Waals surface area contributed by atoms with Gasteiger partial charge in [-0.25, -0.2) is 0 Å². The van der Waals surface area contributed by atoms with Crippen molar-refractivity contribution in [3.05, 3.63) is 59.2 Å². The van der Waals surface area contributed by atoms with Crippen LogP contribution in [-0.4, -0.2) is 11.8 Å². The van der Waals surface area contributed by atoms with E-state index in [0.29, 0.717) is 6.42 Å². The molecule has 27 heavy (non-hydrogen) atoms. The number of hydrogen-bond donors (Lipinski definition) is 2. The van der Waals surface area contributed by atoms with Gasteiger partial charge in [-0.3, -0.25) is 9.59 Å². The molecule has 1 aliphatic carbocycles. The molecule has 2 atom stereocenters. The van der Waals surface area contributed by atoms with E-state index in [9.17, 15) is 9.59 Å². The Labute approximate surface area is 161 Å². The van der Waals surface area contributed by atoms with E-state index >= 15 is 0 Å². The van der Waals surface area contributed by atoms with Crippen LogP contribution < -0.4 is 10.6 Å². The number of aryl methyl sites for hydroxylation is 1. The quantitative estimate of drug-likeness (QED) is 0.817. The summed E-state index contributed by atoms with van der Waals surface area (Å²) in [6.45, 7) is 10.4. The molecule has 0 saturated heterocycles. The fourth-order valence-corrected chi connectivity index (χ4v) is 3.36. The van der Waals surface area contributed by atoms with Crippen molar-refractivity contribution in [2.45, 2.75) is 46.5 Å². The largest absolute Gasteiger partial charge is 0.326 e. The van der Waals surface area contributed by atoms with Crippen LogP contribution in [-0.2, 0) is 15.0 Å². The summed E-state index contributed by atoms with van der Waals surface area (Å²) in [6.07, 6.45) is 0.597. The van der Waals surface area contributed by atoms with Crippen LogP contribution in [0.1, 0.15) is 43.9 Å². The van der Waals surface area contributed by atoms with Crippen LogP contribution in [0.3, 0.4) is 0 Å². The summed E-state index contributed by atoms with van der Waals surface area (Å²) >= 11 is 0. The van der Waals surface area contributed by atoms with Crippen molar-refractivity contribution in [1.82, 2.24) is 0 Å². The van der Waals surface area contributed by atoms with Gasteiger partial charge in [0.15, 0.2) is 0 Å². The first-order chi connectivity index (χ1) is 12.7. The van der Waals surface area contributed by atoms with Crippen molar-refractivity contribution in [2.24, 2.45) is 11.8 Å². The first-order valence-corrected chi connectivity index (χ1v) is 9.46. The molecule has 0 aliphatic heterocycles. The zero-order valence-corrected chi connectivity index (χ0v) is 16.7. The average Bonchev–Trinajstić information content (AvgIpc) is 3.39. The predicted molar refractivity (Wildman–Crippen MR) is 110 cm³/mol. The monoisotopic (exact) mass is 364 g/mol. The molecule has 0 spiro atoms. The summed E-state index contributed by atoms with van der Waals surface area (Å²) in [7, 11) is 0. The summed E-state index contributed by atoms with van der Waals surface area (Å²) in [5, 5.41) is 6.01. The molecule has 0 heterocycles. The van der Waals surface area contributed by atoms with E-state index in [1.807, 2.05) is 56.3 Å². The van der Waals surface area contributed by atoms with Gasteiger partial charge in [0.1, 0.15) is 0 Å². The summed E-state index contributed by atoms with van der Waals surface area (Å²) in [5.41, 5.74) is 4.88. The Morgan fingerprint density at radius 1 is 0.852 bits per heavy atom. The summed E-state index contributed by atoms with van der Waals surface area (Å²) in [5.74, 6) is -0.671. The molecule has 0 bridgehead atoms. The Bertz CT molecular complexity index is 880. The highest BCUT2D eigenvalue weighted by molar-refractivity contribution is 6.03. The average molecular weight is 364 g/mol. The highest BCUT2D eigenvalue weighted by Crippen LogP contribution is 2.41. The van der Waals surface area contributed by atoms with Crippen molar-refractivity contribution in [2.75, 3.05) is 10.6 Å². The lowest BCUT2D eigenvalue weighted by Crippen LogP contribution is -2.23. The Hall–Kier alpha value is -2.62. The fourth-order valence-electron chi connectivity index (χ4n) is 3.36. The van der Waals surface area contributed by atoms with Gasteiger partial charge in [0.25, 0.3) is 0 Å². The van der Waals surface area contributed by atoms with Crippen LogP contribution in [0.25, 0.3) is 0 Å². The number of benzene rings is 2. The normalized spacial score (nSPS) is 18.7. The minimum atomic E-state index is -0.261. The Morgan fingerprint density at radius 2 is 1.41 bits per heavy atom. The van der Waals surface area contributed by atoms with Gasteiger partial charge < -0.3 is 10.6 Å². The number of rotatable bonds is 4. The lowest BCUT2D eigenvalue weighted by molar-refractivity contribution is -0.122. The second-order valence-corrected chi connectivity index (χ2v) is 8.47. The van der Waals surface area contributed by atoms with Crippen LogP contribution in [0, 0.1) is 25.7 Å². The van der Waals surface area contributed by atoms with Gasteiger partial charge in [-0.05, 0) is 54.5 Å². The molecule has 4 nitrogen and oxygen atoms in total. The summed E-state index contributed by atoms with van der Waals surface area (Å²) < 4.78 is 0. The molecular weight excluding hydrogens is 336 g/mol. The van der Waals surface area contributed by atoms with E-state index in [-0.39, 0.29) is 29.1 Å². The van der Waals surface area contributed by atoms with Crippen molar-refractivity contribution >= 4 is 23.2 Å².